The molecule has 3 rings (SSSR count). The zero-order valence-electron chi connectivity index (χ0n) is 12.2. The average Bonchev–Trinajstić information content (AvgIpc) is 3.26. The number of benzene rings is 1. The van der Waals surface area contributed by atoms with Crippen molar-refractivity contribution in [2.75, 3.05) is 19.6 Å². The highest BCUT2D eigenvalue weighted by molar-refractivity contribution is 5.75. The second-order valence-corrected chi connectivity index (χ2v) is 6.67. The van der Waals surface area contributed by atoms with E-state index in [0.717, 1.165) is 31.0 Å². The van der Waals surface area contributed by atoms with E-state index in [2.05, 4.69) is 4.90 Å². The van der Waals surface area contributed by atoms with Gasteiger partial charge in [0.15, 0.2) is 0 Å². The van der Waals surface area contributed by atoms with Gasteiger partial charge in [-0.05, 0) is 62.3 Å². The monoisotopic (exact) mass is 291 g/mol. The molecule has 4 heteroatoms. The maximum atomic E-state index is 13.0. The summed E-state index contributed by atoms with van der Waals surface area (Å²) in [6.45, 7) is 2.67. The lowest BCUT2D eigenvalue weighted by molar-refractivity contribution is -0.152. The summed E-state index contributed by atoms with van der Waals surface area (Å²) < 4.78 is 13.0. The third-order valence-corrected chi connectivity index (χ3v) is 4.78. The quantitative estimate of drug-likeness (QED) is 0.906. The molecule has 1 aliphatic carbocycles. The van der Waals surface area contributed by atoms with E-state index in [0.29, 0.717) is 19.4 Å². The highest BCUT2D eigenvalue weighted by atomic mass is 19.1. The van der Waals surface area contributed by atoms with Crippen LogP contribution in [0, 0.1) is 17.2 Å². The van der Waals surface area contributed by atoms with Crippen LogP contribution in [-0.4, -0.2) is 35.6 Å². The van der Waals surface area contributed by atoms with E-state index in [9.17, 15) is 14.3 Å². The average molecular weight is 291 g/mol. The number of nitrogens with zero attached hydrogens (tertiary/aromatic N) is 1. The van der Waals surface area contributed by atoms with Crippen molar-refractivity contribution in [1.82, 2.24) is 4.90 Å². The number of aliphatic carboxylic acids is 1. The van der Waals surface area contributed by atoms with E-state index in [-0.39, 0.29) is 5.82 Å². The minimum absolute atomic E-state index is 0.276. The molecule has 1 aromatic carbocycles. The van der Waals surface area contributed by atoms with Crippen molar-refractivity contribution in [3.63, 3.8) is 0 Å². The van der Waals surface area contributed by atoms with Gasteiger partial charge in [-0.15, -0.1) is 0 Å². The summed E-state index contributed by atoms with van der Waals surface area (Å²) in [7, 11) is 0. The first-order valence-corrected chi connectivity index (χ1v) is 7.78. The van der Waals surface area contributed by atoms with Crippen LogP contribution >= 0.6 is 0 Å². The first-order chi connectivity index (χ1) is 10.1. The molecule has 2 aliphatic rings. The fraction of sp³-hybridized carbons (Fsp3) is 0.588. The first kappa shape index (κ1) is 14.5. The Labute approximate surface area is 124 Å². The fourth-order valence-electron chi connectivity index (χ4n) is 3.44. The van der Waals surface area contributed by atoms with Gasteiger partial charge in [-0.2, -0.15) is 0 Å². The Hall–Kier alpha value is -1.42. The van der Waals surface area contributed by atoms with Gasteiger partial charge in [0.1, 0.15) is 5.82 Å². The molecule has 1 saturated heterocycles. The molecule has 0 aromatic heterocycles. The van der Waals surface area contributed by atoms with Crippen molar-refractivity contribution in [3.8, 4) is 0 Å². The summed E-state index contributed by atoms with van der Waals surface area (Å²) in [5, 5.41) is 9.77. The van der Waals surface area contributed by atoms with Gasteiger partial charge >= 0.3 is 5.97 Å². The molecule has 1 unspecified atom stereocenters. The maximum absolute atomic E-state index is 13.0. The van der Waals surface area contributed by atoms with E-state index in [1.165, 1.54) is 25.0 Å². The molecule has 1 aromatic rings. The summed E-state index contributed by atoms with van der Waals surface area (Å²) in [4.78, 5) is 14.2. The number of likely N-dealkylation sites (tertiary alicyclic amines) is 1. The highest BCUT2D eigenvalue weighted by Gasteiger charge is 2.43. The Kier molecular flexibility index (Phi) is 3.98. The van der Waals surface area contributed by atoms with Crippen molar-refractivity contribution in [2.45, 2.75) is 32.1 Å². The van der Waals surface area contributed by atoms with Crippen LogP contribution in [0.4, 0.5) is 4.39 Å². The van der Waals surface area contributed by atoms with Crippen LogP contribution in [0.2, 0.25) is 0 Å². The molecular formula is C17H22FNO2. The minimum atomic E-state index is -0.717. The van der Waals surface area contributed by atoms with E-state index < -0.39 is 11.4 Å². The molecule has 0 amide bonds. The Morgan fingerprint density at radius 1 is 1.33 bits per heavy atom. The SMILES string of the molecule is O=C(O)C1(Cc2ccc(F)cc2)CCCN(CC2CC2)C1. The van der Waals surface area contributed by atoms with Crippen LogP contribution in [0.5, 0.6) is 0 Å². The molecule has 1 atom stereocenters. The highest BCUT2D eigenvalue weighted by Crippen LogP contribution is 2.37. The molecule has 3 nitrogen and oxygen atoms in total. The largest absolute Gasteiger partial charge is 0.481 e. The number of hydrogen-bond acceptors (Lipinski definition) is 2. The molecule has 0 radical (unpaired) electrons. The standard InChI is InChI=1S/C17H22FNO2/c18-15-6-4-13(5-7-15)10-17(16(20)21)8-1-9-19(12-17)11-14-2-3-14/h4-7,14H,1-3,8-12H2,(H,20,21). The molecule has 21 heavy (non-hydrogen) atoms. The summed E-state index contributed by atoms with van der Waals surface area (Å²) in [6, 6.07) is 6.24. The van der Waals surface area contributed by atoms with Crippen LogP contribution in [-0.2, 0) is 11.2 Å². The van der Waals surface area contributed by atoms with E-state index in [1.807, 2.05) is 0 Å². The van der Waals surface area contributed by atoms with E-state index >= 15 is 0 Å². The van der Waals surface area contributed by atoms with Crippen molar-refractivity contribution >= 4 is 5.97 Å². The molecule has 0 bridgehead atoms. The van der Waals surface area contributed by atoms with Crippen LogP contribution in [0.25, 0.3) is 0 Å². The topological polar surface area (TPSA) is 40.5 Å². The lowest BCUT2D eigenvalue weighted by atomic mass is 9.75. The maximum Gasteiger partial charge on any atom is 0.311 e. The third-order valence-electron chi connectivity index (χ3n) is 4.78. The number of halogens is 1. The van der Waals surface area contributed by atoms with Crippen LogP contribution in [0.1, 0.15) is 31.2 Å². The number of carboxylic acids is 1. The predicted octanol–water partition coefficient (Wildman–Crippen LogP) is 2.95. The number of carbonyl (C=O) groups is 1. The Bertz CT molecular complexity index is 512. The Morgan fingerprint density at radius 2 is 2.05 bits per heavy atom. The lowest BCUT2D eigenvalue weighted by Gasteiger charge is -2.40. The summed E-state index contributed by atoms with van der Waals surface area (Å²) in [5.41, 5.74) is 0.192. The minimum Gasteiger partial charge on any atom is -0.481 e. The lowest BCUT2D eigenvalue weighted by Crippen LogP contribution is -2.49. The van der Waals surface area contributed by atoms with E-state index in [1.54, 1.807) is 12.1 Å². The third kappa shape index (κ3) is 3.43. The molecule has 0 spiro atoms. The molecule has 114 valence electrons. The van der Waals surface area contributed by atoms with Crippen molar-refractivity contribution in [3.05, 3.63) is 35.6 Å². The Morgan fingerprint density at radius 3 is 2.67 bits per heavy atom. The van der Waals surface area contributed by atoms with Crippen molar-refractivity contribution in [2.24, 2.45) is 11.3 Å². The number of carboxylic acid groups (broad SMARTS) is 1. The second-order valence-electron chi connectivity index (χ2n) is 6.67. The predicted molar refractivity (Wildman–Crippen MR) is 78.6 cm³/mol. The molecule has 1 aliphatic heterocycles. The fourth-order valence-corrected chi connectivity index (χ4v) is 3.44. The van der Waals surface area contributed by atoms with Crippen LogP contribution < -0.4 is 0 Å². The smallest absolute Gasteiger partial charge is 0.311 e. The van der Waals surface area contributed by atoms with Gasteiger partial charge in [-0.3, -0.25) is 4.79 Å². The summed E-state index contributed by atoms with van der Waals surface area (Å²) in [5.74, 6) is -0.213. The van der Waals surface area contributed by atoms with Crippen LogP contribution in [0.3, 0.4) is 0 Å². The van der Waals surface area contributed by atoms with E-state index in [4.69, 9.17) is 0 Å². The zero-order chi connectivity index (χ0) is 14.9. The van der Waals surface area contributed by atoms with Crippen LogP contribution in [0.15, 0.2) is 24.3 Å². The molecule has 1 heterocycles. The Balaban J connectivity index is 1.74. The normalized spacial score (nSPS) is 26.7. The molecular weight excluding hydrogens is 269 g/mol. The number of hydrogen-bond donors (Lipinski definition) is 1. The van der Waals surface area contributed by atoms with Gasteiger partial charge in [0.05, 0.1) is 5.41 Å². The number of piperidine rings is 1. The molecule has 1 N–H and O–H groups in total. The second kappa shape index (κ2) is 5.76. The number of rotatable bonds is 5. The van der Waals surface area contributed by atoms with Gasteiger partial charge in [0, 0.05) is 13.1 Å². The van der Waals surface area contributed by atoms with Gasteiger partial charge in [-0.25, -0.2) is 4.39 Å². The summed E-state index contributed by atoms with van der Waals surface area (Å²) in [6.07, 6.45) is 4.70. The van der Waals surface area contributed by atoms with Gasteiger partial charge in [-0.1, -0.05) is 12.1 Å². The summed E-state index contributed by atoms with van der Waals surface area (Å²) >= 11 is 0. The van der Waals surface area contributed by atoms with Crippen molar-refractivity contribution < 1.29 is 14.3 Å². The van der Waals surface area contributed by atoms with Gasteiger partial charge in [0.2, 0.25) is 0 Å². The molecule has 2 fully saturated rings. The first-order valence-electron chi connectivity index (χ1n) is 7.78. The van der Waals surface area contributed by atoms with Gasteiger partial charge < -0.3 is 10.0 Å². The van der Waals surface area contributed by atoms with Crippen molar-refractivity contribution in [1.29, 1.82) is 0 Å². The zero-order valence-corrected chi connectivity index (χ0v) is 12.2. The molecule has 1 saturated carbocycles. The van der Waals surface area contributed by atoms with Gasteiger partial charge in [0.25, 0.3) is 0 Å².